The summed E-state index contributed by atoms with van der Waals surface area (Å²) in [5.74, 6) is 0. The summed E-state index contributed by atoms with van der Waals surface area (Å²) in [6.45, 7) is 5.91. The molecule has 0 aliphatic rings. The van der Waals surface area contributed by atoms with E-state index in [0.29, 0.717) is 6.42 Å². The molecule has 0 fully saturated rings. The van der Waals surface area contributed by atoms with Gasteiger partial charge in [-0.1, -0.05) is 32.9 Å². The Hall–Kier alpha value is -0.910. The van der Waals surface area contributed by atoms with Crippen molar-refractivity contribution in [3.63, 3.8) is 0 Å². The van der Waals surface area contributed by atoms with Crippen LogP contribution in [0, 0.1) is 5.41 Å². The number of hydrogen-bond donors (Lipinski definition) is 2. The summed E-state index contributed by atoms with van der Waals surface area (Å²) >= 11 is 0. The molecule has 4 nitrogen and oxygen atoms in total. The molecule has 1 aromatic carbocycles. The number of benzene rings is 1. The van der Waals surface area contributed by atoms with Gasteiger partial charge in [0.25, 0.3) is 0 Å². The molecule has 18 heavy (non-hydrogen) atoms. The summed E-state index contributed by atoms with van der Waals surface area (Å²) in [6, 6.07) is 6.57. The third-order valence-electron chi connectivity index (χ3n) is 2.93. The highest BCUT2D eigenvalue weighted by Gasteiger charge is 2.22. The molecule has 0 aliphatic carbocycles. The van der Waals surface area contributed by atoms with E-state index in [2.05, 4.69) is 4.72 Å². The Morgan fingerprint density at radius 2 is 1.72 bits per heavy atom. The molecule has 0 aromatic heterocycles. The lowest BCUT2D eigenvalue weighted by molar-refractivity contribution is 0.0636. The fourth-order valence-corrected chi connectivity index (χ4v) is 2.18. The predicted molar refractivity (Wildman–Crippen MR) is 71.9 cm³/mol. The van der Waals surface area contributed by atoms with Gasteiger partial charge >= 0.3 is 0 Å². The van der Waals surface area contributed by atoms with E-state index >= 15 is 0 Å². The number of nitrogens with one attached hydrogen (secondary N) is 1. The maximum absolute atomic E-state index is 11.5. The Morgan fingerprint density at radius 1 is 1.22 bits per heavy atom. The van der Waals surface area contributed by atoms with Crippen molar-refractivity contribution < 1.29 is 13.5 Å². The van der Waals surface area contributed by atoms with Crippen LogP contribution in [0.5, 0.6) is 0 Å². The zero-order valence-corrected chi connectivity index (χ0v) is 12.1. The smallest absolute Gasteiger partial charge is 0.240 e. The summed E-state index contributed by atoms with van der Waals surface area (Å²) in [5.41, 5.74) is 0.739. The molecule has 1 aromatic rings. The van der Waals surface area contributed by atoms with Crippen LogP contribution >= 0.6 is 0 Å². The lowest BCUT2D eigenvalue weighted by Gasteiger charge is -2.25. The second-order valence-electron chi connectivity index (χ2n) is 5.44. The summed E-state index contributed by atoms with van der Waals surface area (Å²) in [4.78, 5) is 0.235. The van der Waals surface area contributed by atoms with Crippen molar-refractivity contribution in [1.82, 2.24) is 4.72 Å². The Morgan fingerprint density at radius 3 is 2.11 bits per heavy atom. The Labute approximate surface area is 109 Å². The highest BCUT2D eigenvalue weighted by molar-refractivity contribution is 7.89. The third-order valence-corrected chi connectivity index (χ3v) is 4.36. The van der Waals surface area contributed by atoms with Crippen LogP contribution < -0.4 is 4.72 Å². The van der Waals surface area contributed by atoms with E-state index in [4.69, 9.17) is 0 Å². The van der Waals surface area contributed by atoms with Crippen LogP contribution in [-0.2, 0) is 16.4 Å². The van der Waals surface area contributed by atoms with Crippen LogP contribution in [0.15, 0.2) is 29.2 Å². The van der Waals surface area contributed by atoms with Crippen LogP contribution in [0.1, 0.15) is 26.3 Å². The van der Waals surface area contributed by atoms with E-state index in [-0.39, 0.29) is 10.3 Å². The number of aliphatic hydroxyl groups excluding tert-OH is 1. The number of rotatable bonds is 4. The maximum Gasteiger partial charge on any atom is 0.240 e. The lowest BCUT2D eigenvalue weighted by Crippen LogP contribution is -2.28. The van der Waals surface area contributed by atoms with Crippen LogP contribution in [0.3, 0.4) is 0 Å². The molecule has 1 unspecified atom stereocenters. The first kappa shape index (κ1) is 15.1. The first-order valence-corrected chi connectivity index (χ1v) is 7.35. The van der Waals surface area contributed by atoms with E-state index in [1.165, 1.54) is 7.05 Å². The van der Waals surface area contributed by atoms with Crippen LogP contribution in [0.25, 0.3) is 0 Å². The molecule has 0 aliphatic heterocycles. The van der Waals surface area contributed by atoms with E-state index < -0.39 is 16.1 Å². The second-order valence-corrected chi connectivity index (χ2v) is 7.32. The summed E-state index contributed by atoms with van der Waals surface area (Å²) < 4.78 is 25.3. The third kappa shape index (κ3) is 3.80. The first-order chi connectivity index (χ1) is 8.16. The van der Waals surface area contributed by atoms with Gasteiger partial charge < -0.3 is 5.11 Å². The van der Waals surface area contributed by atoms with Crippen LogP contribution in [-0.4, -0.2) is 26.7 Å². The summed E-state index contributed by atoms with van der Waals surface area (Å²) in [5, 5.41) is 9.98. The zero-order chi connectivity index (χ0) is 14.0. The predicted octanol–water partition coefficient (Wildman–Crippen LogP) is 1.54. The molecule has 0 saturated carbocycles. The van der Waals surface area contributed by atoms with Gasteiger partial charge in [-0.25, -0.2) is 13.1 Å². The quantitative estimate of drug-likeness (QED) is 0.873. The van der Waals surface area contributed by atoms with Crippen molar-refractivity contribution in [3.8, 4) is 0 Å². The molecule has 1 atom stereocenters. The van der Waals surface area contributed by atoms with Gasteiger partial charge in [0.05, 0.1) is 11.0 Å². The molecule has 0 saturated heterocycles. The minimum absolute atomic E-state index is 0.185. The molecule has 2 N–H and O–H groups in total. The molecule has 0 radical (unpaired) electrons. The van der Waals surface area contributed by atoms with Crippen molar-refractivity contribution >= 4 is 10.0 Å². The Kier molecular flexibility index (Phi) is 4.53. The van der Waals surface area contributed by atoms with E-state index in [0.717, 1.165) is 5.56 Å². The van der Waals surface area contributed by atoms with Gasteiger partial charge in [0.15, 0.2) is 0 Å². The minimum atomic E-state index is -3.38. The zero-order valence-electron chi connectivity index (χ0n) is 11.3. The van der Waals surface area contributed by atoms with Gasteiger partial charge in [0, 0.05) is 0 Å². The van der Waals surface area contributed by atoms with Crippen molar-refractivity contribution in [2.24, 2.45) is 5.41 Å². The van der Waals surface area contributed by atoms with E-state index in [9.17, 15) is 13.5 Å². The fourth-order valence-electron chi connectivity index (χ4n) is 1.45. The second kappa shape index (κ2) is 5.38. The average Bonchev–Trinajstić information content (AvgIpc) is 2.28. The standard InChI is InChI=1S/C13H21NO3S/c1-13(2,3)12(15)9-10-5-7-11(8-6-10)18(16,17)14-4/h5-8,12,14-15H,9H2,1-4H3. The van der Waals surface area contributed by atoms with E-state index in [1.54, 1.807) is 24.3 Å². The van der Waals surface area contributed by atoms with Gasteiger partial charge in [0.1, 0.15) is 0 Å². The normalized spacial score (nSPS) is 14.5. The van der Waals surface area contributed by atoms with Crippen molar-refractivity contribution in [3.05, 3.63) is 29.8 Å². The number of aliphatic hydroxyl groups is 1. The summed E-state index contributed by atoms with van der Waals surface area (Å²) in [6.07, 6.45) is 0.0629. The average molecular weight is 271 g/mol. The molecule has 5 heteroatoms. The molecule has 1 rings (SSSR count). The number of sulfonamides is 1. The van der Waals surface area contributed by atoms with Gasteiger partial charge in [-0.05, 0) is 36.6 Å². The number of hydrogen-bond acceptors (Lipinski definition) is 3. The topological polar surface area (TPSA) is 66.4 Å². The fraction of sp³-hybridized carbons (Fsp3) is 0.538. The van der Waals surface area contributed by atoms with Gasteiger partial charge in [-0.3, -0.25) is 0 Å². The first-order valence-electron chi connectivity index (χ1n) is 5.87. The van der Waals surface area contributed by atoms with Crippen molar-refractivity contribution in [2.45, 2.75) is 38.2 Å². The Balaban J connectivity index is 2.85. The van der Waals surface area contributed by atoms with Gasteiger partial charge in [-0.15, -0.1) is 0 Å². The van der Waals surface area contributed by atoms with Gasteiger partial charge in [0.2, 0.25) is 10.0 Å². The van der Waals surface area contributed by atoms with Gasteiger partial charge in [-0.2, -0.15) is 0 Å². The maximum atomic E-state index is 11.5. The summed E-state index contributed by atoms with van der Waals surface area (Å²) in [7, 11) is -2.00. The van der Waals surface area contributed by atoms with Crippen LogP contribution in [0.4, 0.5) is 0 Å². The highest BCUT2D eigenvalue weighted by Crippen LogP contribution is 2.22. The molecule has 0 amide bonds. The van der Waals surface area contributed by atoms with E-state index in [1.807, 2.05) is 20.8 Å². The minimum Gasteiger partial charge on any atom is -0.392 e. The Bertz CT molecular complexity index is 486. The SMILES string of the molecule is CNS(=O)(=O)c1ccc(CC(O)C(C)(C)C)cc1. The molecule has 0 heterocycles. The van der Waals surface area contributed by atoms with Crippen molar-refractivity contribution in [2.75, 3.05) is 7.05 Å². The molecular weight excluding hydrogens is 250 g/mol. The highest BCUT2D eigenvalue weighted by atomic mass is 32.2. The molecule has 0 spiro atoms. The van der Waals surface area contributed by atoms with Crippen LogP contribution in [0.2, 0.25) is 0 Å². The monoisotopic (exact) mass is 271 g/mol. The lowest BCUT2D eigenvalue weighted by atomic mass is 9.85. The largest absolute Gasteiger partial charge is 0.392 e. The van der Waals surface area contributed by atoms with Crippen molar-refractivity contribution in [1.29, 1.82) is 0 Å². The molecule has 0 bridgehead atoms. The molecule has 102 valence electrons. The molecular formula is C13H21NO3S.